The summed E-state index contributed by atoms with van der Waals surface area (Å²) in [6.07, 6.45) is 7.47. The minimum absolute atomic E-state index is 0.0612. The van der Waals surface area contributed by atoms with Crippen molar-refractivity contribution in [2.45, 2.75) is 40.9 Å². The van der Waals surface area contributed by atoms with Crippen LogP contribution >= 0.6 is 0 Å². The number of fused-ring (bicyclic) bond motifs is 4. The van der Waals surface area contributed by atoms with E-state index in [2.05, 4.69) is 70.6 Å². The average molecular weight is 1010 g/mol. The first kappa shape index (κ1) is 51.4. The molecule has 8 aromatic carbocycles. The Morgan fingerprint density at radius 2 is 0.763 bits per heavy atom. The summed E-state index contributed by atoms with van der Waals surface area (Å²) in [5.74, 6) is -0.676. The number of methoxy groups -OCH3 is 2. The number of benzene rings is 8. The Bertz CT molecular complexity index is 3910. The Kier molecular flexibility index (Phi) is 15.7. The highest BCUT2D eigenvalue weighted by atomic mass is 16.5. The van der Waals surface area contributed by atoms with Crippen LogP contribution in [0.2, 0.25) is 0 Å². The number of hydrogen-bond donors (Lipinski definition) is 2. The number of aliphatic hydroxyl groups excluding tert-OH is 2. The Balaban J connectivity index is 0.000000124. The van der Waals surface area contributed by atoms with Crippen LogP contribution < -0.4 is 0 Å². The Hall–Kier alpha value is -9.50. The van der Waals surface area contributed by atoms with Crippen LogP contribution in [0, 0.1) is 27.7 Å². The number of nitrogens with zero attached hydrogens (tertiary/aromatic N) is 8. The van der Waals surface area contributed by atoms with Gasteiger partial charge in [-0.25, -0.2) is 28.3 Å². The molecular formula is C62H56N8O6. The van der Waals surface area contributed by atoms with Crippen LogP contribution in [0.25, 0.3) is 66.4 Å². The van der Waals surface area contributed by atoms with E-state index in [1.165, 1.54) is 36.5 Å². The minimum atomic E-state index is -0.338. The molecule has 76 heavy (non-hydrogen) atoms. The molecule has 14 nitrogen and oxygen atoms in total. The predicted molar refractivity (Wildman–Crippen MR) is 298 cm³/mol. The fourth-order valence-corrected chi connectivity index (χ4v) is 8.35. The second-order valence-electron chi connectivity index (χ2n) is 18.2. The maximum Gasteiger partial charge on any atom is 0.337 e. The van der Waals surface area contributed by atoms with Crippen molar-refractivity contribution in [2.75, 3.05) is 14.2 Å². The van der Waals surface area contributed by atoms with Gasteiger partial charge in [-0.3, -0.25) is 0 Å². The van der Waals surface area contributed by atoms with Crippen LogP contribution in [0.15, 0.2) is 195 Å². The smallest absolute Gasteiger partial charge is 0.337 e. The summed E-state index contributed by atoms with van der Waals surface area (Å²) in [4.78, 5) is 23.0. The molecular weight excluding hydrogens is 953 g/mol. The molecule has 0 spiro atoms. The molecule has 12 aromatic rings. The lowest BCUT2D eigenvalue weighted by Crippen LogP contribution is -2.01. The molecule has 0 saturated heterocycles. The third kappa shape index (κ3) is 11.8. The summed E-state index contributed by atoms with van der Waals surface area (Å²) in [6, 6.07) is 55.2. The van der Waals surface area contributed by atoms with Gasteiger partial charge in [0.15, 0.2) is 0 Å². The highest BCUT2D eigenvalue weighted by Gasteiger charge is 2.12. The summed E-state index contributed by atoms with van der Waals surface area (Å²) in [5.41, 5.74) is 15.6. The highest BCUT2D eigenvalue weighted by molar-refractivity contribution is 5.95. The van der Waals surface area contributed by atoms with E-state index in [1.54, 1.807) is 30.5 Å². The van der Waals surface area contributed by atoms with Crippen molar-refractivity contribution >= 4 is 55.6 Å². The number of carbonyl (C=O) groups excluding carboxylic acids is 2. The van der Waals surface area contributed by atoms with Crippen LogP contribution in [0.5, 0.6) is 0 Å². The maximum atomic E-state index is 11.5. The van der Waals surface area contributed by atoms with Gasteiger partial charge in [0.1, 0.15) is 0 Å². The first-order chi connectivity index (χ1) is 36.9. The van der Waals surface area contributed by atoms with Gasteiger partial charge < -0.3 is 19.7 Å². The number of aryl methyl sites for hydroxylation is 4. The van der Waals surface area contributed by atoms with E-state index < -0.39 is 0 Å². The number of hydrogen-bond acceptors (Lipinski definition) is 10. The van der Waals surface area contributed by atoms with Gasteiger partial charge in [0.25, 0.3) is 0 Å². The van der Waals surface area contributed by atoms with Gasteiger partial charge in [-0.05, 0) is 148 Å². The van der Waals surface area contributed by atoms with Gasteiger partial charge >= 0.3 is 11.9 Å². The summed E-state index contributed by atoms with van der Waals surface area (Å²) in [6.45, 7) is 8.35. The third-order valence-electron chi connectivity index (χ3n) is 12.6. The van der Waals surface area contributed by atoms with Crippen molar-refractivity contribution in [3.63, 3.8) is 0 Å². The van der Waals surface area contributed by atoms with E-state index in [9.17, 15) is 9.59 Å². The van der Waals surface area contributed by atoms with Crippen LogP contribution in [-0.4, -0.2) is 75.5 Å². The highest BCUT2D eigenvalue weighted by Crippen LogP contribution is 2.24. The standard InChI is InChI=1S/2C16H14N2O2.2C15H14N2O/c1-11-3-6-14(7-4-11)18-10-13-9-12(16(19)20-2)5-8-15(13)17-18;1-11-3-6-14(7-4-11)18-15-8-5-12(16(19)20-2)9-13(15)10-17-18;1-11-2-5-14(6-3-11)17-9-13-8-12(10-18)4-7-15(13)16-17;1-11-2-5-14(6-3-11)17-15-7-4-12(10-18)8-13(15)9-16-17/h2*3-10H,1-2H3;2*2-9,18H,10H2,1H3. The minimum Gasteiger partial charge on any atom is -0.465 e. The van der Waals surface area contributed by atoms with Gasteiger partial charge in [-0.1, -0.05) is 82.9 Å². The molecule has 0 radical (unpaired) electrons. The van der Waals surface area contributed by atoms with Crippen molar-refractivity contribution in [2.24, 2.45) is 0 Å². The van der Waals surface area contributed by atoms with Gasteiger partial charge in [0.05, 0.1) is 95.8 Å². The van der Waals surface area contributed by atoms with Gasteiger partial charge in [-0.15, -0.1) is 0 Å². The van der Waals surface area contributed by atoms with Crippen molar-refractivity contribution < 1.29 is 29.3 Å². The Labute approximate surface area is 439 Å². The molecule has 4 aromatic heterocycles. The van der Waals surface area contributed by atoms with Crippen molar-refractivity contribution in [3.8, 4) is 22.7 Å². The Morgan fingerprint density at radius 1 is 0.421 bits per heavy atom. The number of aromatic nitrogens is 8. The molecule has 4 heterocycles. The molecule has 12 rings (SSSR count). The van der Waals surface area contributed by atoms with Gasteiger partial charge in [-0.2, -0.15) is 20.4 Å². The monoisotopic (exact) mass is 1010 g/mol. The number of carbonyl (C=O) groups is 2. The topological polar surface area (TPSA) is 164 Å². The van der Waals surface area contributed by atoms with Crippen LogP contribution in [0.3, 0.4) is 0 Å². The first-order valence-electron chi connectivity index (χ1n) is 24.5. The van der Waals surface area contributed by atoms with E-state index in [-0.39, 0.29) is 25.2 Å². The van der Waals surface area contributed by atoms with E-state index >= 15 is 0 Å². The first-order valence-corrected chi connectivity index (χ1v) is 24.5. The number of aliphatic hydroxyl groups is 2. The molecule has 0 saturated carbocycles. The molecule has 0 aliphatic heterocycles. The number of ether oxygens (including phenoxy) is 2. The zero-order valence-electron chi connectivity index (χ0n) is 43.0. The van der Waals surface area contributed by atoms with E-state index in [0.29, 0.717) is 11.1 Å². The lowest BCUT2D eigenvalue weighted by atomic mass is 10.1. The lowest BCUT2D eigenvalue weighted by Gasteiger charge is -2.04. The van der Waals surface area contributed by atoms with Gasteiger partial charge in [0.2, 0.25) is 0 Å². The summed E-state index contributed by atoms with van der Waals surface area (Å²) < 4.78 is 16.9. The molecule has 14 heteroatoms. The van der Waals surface area contributed by atoms with E-state index in [0.717, 1.165) is 77.5 Å². The summed E-state index contributed by atoms with van der Waals surface area (Å²) >= 11 is 0. The molecule has 0 atom stereocenters. The second-order valence-corrected chi connectivity index (χ2v) is 18.2. The quantitative estimate of drug-likeness (QED) is 0.140. The van der Waals surface area contributed by atoms with Crippen LogP contribution in [-0.2, 0) is 22.7 Å². The normalized spacial score (nSPS) is 10.8. The second kappa shape index (κ2) is 23.1. The fourth-order valence-electron chi connectivity index (χ4n) is 8.35. The molecule has 0 fully saturated rings. The molecule has 0 aliphatic carbocycles. The largest absolute Gasteiger partial charge is 0.465 e. The molecule has 0 aliphatic rings. The molecule has 2 N–H and O–H groups in total. The third-order valence-corrected chi connectivity index (χ3v) is 12.6. The van der Waals surface area contributed by atoms with Crippen molar-refractivity contribution in [3.05, 3.63) is 239 Å². The number of esters is 2. The van der Waals surface area contributed by atoms with Crippen molar-refractivity contribution in [1.29, 1.82) is 0 Å². The number of rotatable bonds is 8. The maximum absolute atomic E-state index is 11.5. The predicted octanol–water partition coefficient (Wildman–Crippen LogP) is 11.9. The molecule has 0 bridgehead atoms. The molecule has 380 valence electrons. The van der Waals surface area contributed by atoms with Crippen LogP contribution in [0.1, 0.15) is 54.1 Å². The van der Waals surface area contributed by atoms with Crippen molar-refractivity contribution in [1.82, 2.24) is 39.1 Å². The van der Waals surface area contributed by atoms with E-state index in [1.807, 2.05) is 160 Å². The fraction of sp³-hybridized carbons (Fsp3) is 0.129. The van der Waals surface area contributed by atoms with E-state index in [4.69, 9.17) is 19.7 Å². The molecule has 0 unspecified atom stereocenters. The molecule has 0 amide bonds. The summed E-state index contributed by atoms with van der Waals surface area (Å²) in [7, 11) is 2.75. The van der Waals surface area contributed by atoms with Gasteiger partial charge in [0, 0.05) is 33.9 Å². The average Bonchev–Trinajstić information content (AvgIpc) is 4.29. The summed E-state index contributed by atoms with van der Waals surface area (Å²) in [5, 5.41) is 40.0. The Morgan fingerprint density at radius 3 is 1.20 bits per heavy atom. The zero-order valence-corrected chi connectivity index (χ0v) is 43.0. The SMILES string of the molecule is COC(=O)c1ccc2c(cnn2-c2ccc(C)cc2)c1.COC(=O)c1ccc2nn(-c3ccc(C)cc3)cc2c1.Cc1ccc(-n2cc3cc(CO)ccc3n2)cc1.Cc1ccc(-n2ncc3cc(CO)ccc32)cc1. The zero-order chi connectivity index (χ0) is 53.3. The van der Waals surface area contributed by atoms with Crippen LogP contribution in [0.4, 0.5) is 0 Å². The lowest BCUT2D eigenvalue weighted by molar-refractivity contribution is 0.0592.